The van der Waals surface area contributed by atoms with Crippen LogP contribution in [-0.4, -0.2) is 14.8 Å². The molecule has 120 valence electrons. The first-order valence-corrected chi connectivity index (χ1v) is 7.96. The summed E-state index contributed by atoms with van der Waals surface area (Å²) in [6.45, 7) is 0. The number of nitrogens with one attached hydrogen (secondary N) is 1. The van der Waals surface area contributed by atoms with E-state index in [1.807, 2.05) is 66.7 Å². The van der Waals surface area contributed by atoms with Gasteiger partial charge in [-0.1, -0.05) is 36.4 Å². The smallest absolute Gasteiger partial charge is 0.280 e. The Morgan fingerprint density at radius 3 is 2.56 bits per heavy atom. The van der Waals surface area contributed by atoms with E-state index in [2.05, 4.69) is 10.1 Å². The second kappa shape index (κ2) is 5.21. The average Bonchev–Trinajstić information content (AvgIpc) is 3.23. The zero-order chi connectivity index (χ0) is 16.8. The number of aromatic amines is 1. The highest BCUT2D eigenvalue weighted by molar-refractivity contribution is 5.84. The van der Waals surface area contributed by atoms with Gasteiger partial charge in [0.2, 0.25) is 0 Å². The number of rotatable bonds is 2. The van der Waals surface area contributed by atoms with E-state index in [4.69, 9.17) is 4.42 Å². The maximum absolute atomic E-state index is 12.6. The van der Waals surface area contributed by atoms with Gasteiger partial charge in [-0.2, -0.15) is 0 Å². The summed E-state index contributed by atoms with van der Waals surface area (Å²) in [5.74, 6) is 0.677. The molecule has 0 radical (unpaired) electrons. The Bertz CT molecular complexity index is 1230. The van der Waals surface area contributed by atoms with Gasteiger partial charge in [0.25, 0.3) is 5.56 Å². The lowest BCUT2D eigenvalue weighted by molar-refractivity contribution is 0.629. The van der Waals surface area contributed by atoms with Crippen molar-refractivity contribution in [3.63, 3.8) is 0 Å². The first-order chi connectivity index (χ1) is 12.3. The third-order valence-electron chi connectivity index (χ3n) is 4.24. The van der Waals surface area contributed by atoms with Gasteiger partial charge < -0.3 is 4.42 Å². The number of nitrogens with zero attached hydrogens (tertiary/aromatic N) is 2. The molecular weight excluding hydrogens is 314 g/mol. The van der Waals surface area contributed by atoms with Crippen molar-refractivity contribution >= 4 is 22.0 Å². The number of aromatic nitrogens is 3. The van der Waals surface area contributed by atoms with Gasteiger partial charge in [0.15, 0.2) is 11.4 Å². The minimum absolute atomic E-state index is 0.121. The van der Waals surface area contributed by atoms with Crippen LogP contribution < -0.4 is 5.56 Å². The normalized spacial score (nSPS) is 11.4. The van der Waals surface area contributed by atoms with Gasteiger partial charge >= 0.3 is 0 Å². The molecule has 0 aliphatic rings. The molecule has 3 heterocycles. The molecule has 0 aliphatic heterocycles. The molecule has 0 saturated heterocycles. The molecule has 1 N–H and O–H groups in total. The molecule has 3 aromatic heterocycles. The summed E-state index contributed by atoms with van der Waals surface area (Å²) < 4.78 is 7.36. The number of furan rings is 1. The molecule has 0 unspecified atom stereocenters. The fraction of sp³-hybridized carbons (Fsp3) is 0. The Kier molecular flexibility index (Phi) is 2.87. The zero-order valence-corrected chi connectivity index (χ0v) is 13.1. The van der Waals surface area contributed by atoms with Gasteiger partial charge in [-0.15, -0.1) is 0 Å². The van der Waals surface area contributed by atoms with E-state index in [-0.39, 0.29) is 5.56 Å². The predicted octanol–water partition coefficient (Wildman–Crippen LogP) is 4.13. The van der Waals surface area contributed by atoms with E-state index < -0.39 is 0 Å². The molecular formula is C20H13N3O2. The highest BCUT2D eigenvalue weighted by atomic mass is 16.3. The largest absolute Gasteiger partial charge is 0.454 e. The predicted molar refractivity (Wildman–Crippen MR) is 96.9 cm³/mol. The van der Waals surface area contributed by atoms with E-state index in [0.29, 0.717) is 22.5 Å². The standard InChI is InChI=1S/C20H13N3O2/c24-20-15-10-11-16(18-12-13-6-4-5-9-17(13)25-18)21-19(15)22-23(20)14-7-2-1-3-8-14/h1-12H,(H,21,22). The van der Waals surface area contributed by atoms with Crippen LogP contribution in [0.5, 0.6) is 0 Å². The summed E-state index contributed by atoms with van der Waals surface area (Å²) in [5, 5.41) is 4.64. The second-order valence-electron chi connectivity index (χ2n) is 5.83. The van der Waals surface area contributed by atoms with Crippen LogP contribution in [0.3, 0.4) is 0 Å². The van der Waals surface area contributed by atoms with Crippen molar-refractivity contribution in [3.05, 3.63) is 83.2 Å². The summed E-state index contributed by atoms with van der Waals surface area (Å²) >= 11 is 0. The van der Waals surface area contributed by atoms with E-state index in [9.17, 15) is 4.79 Å². The fourth-order valence-electron chi connectivity index (χ4n) is 3.00. The van der Waals surface area contributed by atoms with Gasteiger partial charge in [0.05, 0.1) is 11.1 Å². The Morgan fingerprint density at radius 1 is 0.920 bits per heavy atom. The molecule has 25 heavy (non-hydrogen) atoms. The number of fused-ring (bicyclic) bond motifs is 2. The highest BCUT2D eigenvalue weighted by Gasteiger charge is 2.13. The SMILES string of the molecule is O=c1c2ccc(-c3cc4ccccc4o3)nc2[nH]n1-c1ccccc1. The van der Waals surface area contributed by atoms with E-state index in [1.54, 1.807) is 6.07 Å². The van der Waals surface area contributed by atoms with Crippen molar-refractivity contribution in [1.82, 2.24) is 14.8 Å². The summed E-state index contributed by atoms with van der Waals surface area (Å²) in [6.07, 6.45) is 0. The number of hydrogen-bond acceptors (Lipinski definition) is 3. The van der Waals surface area contributed by atoms with Gasteiger partial charge in [-0.3, -0.25) is 9.89 Å². The lowest BCUT2D eigenvalue weighted by Gasteiger charge is -1.99. The van der Waals surface area contributed by atoms with Crippen molar-refractivity contribution in [1.29, 1.82) is 0 Å². The van der Waals surface area contributed by atoms with E-state index >= 15 is 0 Å². The Morgan fingerprint density at radius 2 is 1.72 bits per heavy atom. The van der Waals surface area contributed by atoms with Crippen molar-refractivity contribution in [2.24, 2.45) is 0 Å². The Balaban J connectivity index is 1.68. The molecule has 0 spiro atoms. The van der Waals surface area contributed by atoms with E-state index in [1.165, 1.54) is 4.68 Å². The van der Waals surface area contributed by atoms with Crippen molar-refractivity contribution in [2.45, 2.75) is 0 Å². The van der Waals surface area contributed by atoms with Crippen molar-refractivity contribution in [3.8, 4) is 17.1 Å². The quantitative estimate of drug-likeness (QED) is 0.530. The Hall–Kier alpha value is -3.60. The number of pyridine rings is 1. The fourth-order valence-corrected chi connectivity index (χ4v) is 3.00. The molecule has 0 fully saturated rings. The first kappa shape index (κ1) is 13.8. The molecule has 0 aliphatic carbocycles. The minimum Gasteiger partial charge on any atom is -0.454 e. The maximum atomic E-state index is 12.6. The minimum atomic E-state index is -0.121. The third-order valence-corrected chi connectivity index (χ3v) is 4.24. The van der Waals surface area contributed by atoms with Gasteiger partial charge in [-0.25, -0.2) is 9.67 Å². The number of benzene rings is 2. The first-order valence-electron chi connectivity index (χ1n) is 7.96. The molecule has 5 rings (SSSR count). The van der Waals surface area contributed by atoms with Crippen LogP contribution in [0, 0.1) is 0 Å². The summed E-state index contributed by atoms with van der Waals surface area (Å²) in [7, 11) is 0. The summed E-state index contributed by atoms with van der Waals surface area (Å²) in [4.78, 5) is 17.2. The molecule has 2 aromatic carbocycles. The maximum Gasteiger partial charge on any atom is 0.280 e. The average molecular weight is 327 g/mol. The second-order valence-corrected chi connectivity index (χ2v) is 5.83. The zero-order valence-electron chi connectivity index (χ0n) is 13.1. The monoisotopic (exact) mass is 327 g/mol. The summed E-state index contributed by atoms with van der Waals surface area (Å²) in [5.41, 5.74) is 2.69. The lowest BCUT2D eigenvalue weighted by atomic mass is 10.2. The topological polar surface area (TPSA) is 63.8 Å². The van der Waals surface area contributed by atoms with Crippen LogP contribution >= 0.6 is 0 Å². The van der Waals surface area contributed by atoms with Crippen LogP contribution in [-0.2, 0) is 0 Å². The van der Waals surface area contributed by atoms with Gasteiger partial charge in [-0.05, 0) is 36.4 Å². The van der Waals surface area contributed by atoms with Crippen molar-refractivity contribution < 1.29 is 4.42 Å². The molecule has 0 bridgehead atoms. The summed E-state index contributed by atoms with van der Waals surface area (Å²) in [6, 6.07) is 22.8. The molecule has 0 atom stereocenters. The number of para-hydroxylation sites is 2. The molecule has 5 heteroatoms. The Labute approximate surface area is 142 Å². The number of H-pyrrole nitrogens is 1. The van der Waals surface area contributed by atoms with Gasteiger partial charge in [0, 0.05) is 5.39 Å². The van der Waals surface area contributed by atoms with Crippen LogP contribution in [0.1, 0.15) is 0 Å². The van der Waals surface area contributed by atoms with Crippen LogP contribution in [0.2, 0.25) is 0 Å². The molecule has 5 aromatic rings. The number of hydrogen-bond donors (Lipinski definition) is 1. The van der Waals surface area contributed by atoms with Crippen LogP contribution in [0.4, 0.5) is 0 Å². The van der Waals surface area contributed by atoms with Gasteiger partial charge in [0.1, 0.15) is 11.3 Å². The van der Waals surface area contributed by atoms with Crippen molar-refractivity contribution in [2.75, 3.05) is 0 Å². The van der Waals surface area contributed by atoms with E-state index in [0.717, 1.165) is 16.7 Å². The lowest BCUT2D eigenvalue weighted by Crippen LogP contribution is -2.13. The highest BCUT2D eigenvalue weighted by Crippen LogP contribution is 2.27. The third kappa shape index (κ3) is 2.17. The molecule has 5 nitrogen and oxygen atoms in total. The van der Waals surface area contributed by atoms with Crippen LogP contribution in [0.15, 0.2) is 82.0 Å². The van der Waals surface area contributed by atoms with Crippen LogP contribution in [0.25, 0.3) is 39.1 Å². The molecule has 0 saturated carbocycles. The molecule has 0 amide bonds.